The molecule has 1 unspecified atom stereocenters. The van der Waals surface area contributed by atoms with Gasteiger partial charge in [0.25, 0.3) is 0 Å². The van der Waals surface area contributed by atoms with E-state index in [1.165, 1.54) is 18.9 Å². The lowest BCUT2D eigenvalue weighted by molar-refractivity contribution is 0.157. The monoisotopic (exact) mass is 280 g/mol. The lowest BCUT2D eigenvalue weighted by atomic mass is 9.90. The maximum atomic E-state index is 13.9. The normalized spacial score (nSPS) is 19.0. The number of hydrogen-bond acceptors (Lipinski definition) is 3. The Bertz CT molecular complexity index is 430. The summed E-state index contributed by atoms with van der Waals surface area (Å²) in [6.45, 7) is 5.02. The molecule has 20 heavy (non-hydrogen) atoms. The summed E-state index contributed by atoms with van der Waals surface area (Å²) >= 11 is 0. The number of halogens is 1. The van der Waals surface area contributed by atoms with Crippen molar-refractivity contribution in [2.75, 3.05) is 27.2 Å². The molecule has 0 radical (unpaired) electrons. The average molecular weight is 280 g/mol. The van der Waals surface area contributed by atoms with Gasteiger partial charge >= 0.3 is 0 Å². The fraction of sp³-hybridized carbons (Fsp3) is 0.625. The minimum absolute atomic E-state index is 0.171. The van der Waals surface area contributed by atoms with Crippen molar-refractivity contribution in [3.05, 3.63) is 29.6 Å². The van der Waals surface area contributed by atoms with Crippen LogP contribution in [0, 0.1) is 11.7 Å². The van der Waals surface area contributed by atoms with Gasteiger partial charge in [0, 0.05) is 24.2 Å². The van der Waals surface area contributed by atoms with Gasteiger partial charge in [0.1, 0.15) is 11.6 Å². The fourth-order valence-electron chi connectivity index (χ4n) is 2.87. The minimum Gasteiger partial charge on any atom is -0.497 e. The number of nitrogens with one attached hydrogen (secondary N) is 1. The van der Waals surface area contributed by atoms with Gasteiger partial charge in [0.15, 0.2) is 0 Å². The molecule has 1 saturated heterocycles. The van der Waals surface area contributed by atoms with E-state index >= 15 is 0 Å². The van der Waals surface area contributed by atoms with Crippen LogP contribution >= 0.6 is 0 Å². The molecule has 1 aromatic carbocycles. The van der Waals surface area contributed by atoms with Crippen LogP contribution in [0.25, 0.3) is 0 Å². The third kappa shape index (κ3) is 3.70. The first-order chi connectivity index (χ1) is 9.63. The molecule has 1 N–H and O–H groups in total. The van der Waals surface area contributed by atoms with Gasteiger partial charge in [-0.25, -0.2) is 4.39 Å². The Balaban J connectivity index is 1.89. The molecule has 112 valence electrons. The van der Waals surface area contributed by atoms with E-state index in [1.807, 2.05) is 19.2 Å². The summed E-state index contributed by atoms with van der Waals surface area (Å²) in [5.74, 6) is 1.14. The van der Waals surface area contributed by atoms with Crippen LogP contribution in [-0.2, 0) is 6.54 Å². The minimum atomic E-state index is -0.171. The van der Waals surface area contributed by atoms with Gasteiger partial charge in [0.05, 0.1) is 7.11 Å². The summed E-state index contributed by atoms with van der Waals surface area (Å²) in [4.78, 5) is 2.34. The molecule has 0 spiro atoms. The van der Waals surface area contributed by atoms with Crippen molar-refractivity contribution in [2.24, 2.45) is 5.92 Å². The third-order valence-electron chi connectivity index (χ3n) is 4.45. The second kappa shape index (κ2) is 7.04. The van der Waals surface area contributed by atoms with Crippen molar-refractivity contribution in [2.45, 2.75) is 32.4 Å². The molecule has 1 aliphatic rings. The first-order valence-corrected chi connectivity index (χ1v) is 7.36. The summed E-state index contributed by atoms with van der Waals surface area (Å²) in [7, 11) is 3.58. The summed E-state index contributed by atoms with van der Waals surface area (Å²) in [6.07, 6.45) is 2.36. The van der Waals surface area contributed by atoms with E-state index in [2.05, 4.69) is 17.1 Å². The van der Waals surface area contributed by atoms with E-state index in [1.54, 1.807) is 7.11 Å². The van der Waals surface area contributed by atoms with Gasteiger partial charge in [-0.1, -0.05) is 6.07 Å². The average Bonchev–Trinajstić information content (AvgIpc) is 2.49. The zero-order chi connectivity index (χ0) is 14.5. The maximum absolute atomic E-state index is 13.9. The molecule has 3 nitrogen and oxygen atoms in total. The molecule has 1 heterocycles. The number of hydrogen-bond donors (Lipinski definition) is 1. The van der Waals surface area contributed by atoms with Crippen LogP contribution in [-0.4, -0.2) is 38.2 Å². The van der Waals surface area contributed by atoms with Crippen molar-refractivity contribution < 1.29 is 9.13 Å². The number of piperidine rings is 1. The fourth-order valence-corrected chi connectivity index (χ4v) is 2.87. The highest BCUT2D eigenvalue weighted by Crippen LogP contribution is 2.23. The summed E-state index contributed by atoms with van der Waals surface area (Å²) in [5, 5.41) is 3.33. The predicted octanol–water partition coefficient (Wildman–Crippen LogP) is 2.65. The molecule has 1 fully saturated rings. The van der Waals surface area contributed by atoms with Crippen molar-refractivity contribution in [3.63, 3.8) is 0 Å². The lowest BCUT2D eigenvalue weighted by Gasteiger charge is -2.34. The van der Waals surface area contributed by atoms with Crippen molar-refractivity contribution >= 4 is 0 Å². The quantitative estimate of drug-likeness (QED) is 0.897. The second-order valence-electron chi connectivity index (χ2n) is 5.65. The number of benzene rings is 1. The van der Waals surface area contributed by atoms with Gasteiger partial charge in [-0.3, -0.25) is 4.90 Å². The van der Waals surface area contributed by atoms with Crippen molar-refractivity contribution in [3.8, 4) is 5.75 Å². The zero-order valence-corrected chi connectivity index (χ0v) is 12.7. The van der Waals surface area contributed by atoms with E-state index in [-0.39, 0.29) is 5.82 Å². The standard InChI is InChI=1S/C16H25FN2O/c1-12(18-2)13-6-8-19(9-7-13)11-14-4-5-15(20-3)10-16(14)17/h4-5,10,12-13,18H,6-9,11H2,1-3H3. The molecule has 0 amide bonds. The molecule has 2 rings (SSSR count). The first kappa shape index (κ1) is 15.3. The molecule has 0 saturated carbocycles. The highest BCUT2D eigenvalue weighted by Gasteiger charge is 2.23. The number of rotatable bonds is 5. The van der Waals surface area contributed by atoms with Gasteiger partial charge in [-0.05, 0) is 51.9 Å². The zero-order valence-electron chi connectivity index (χ0n) is 12.7. The molecule has 0 aromatic heterocycles. The summed E-state index contributed by atoms with van der Waals surface area (Å²) < 4.78 is 19.0. The van der Waals surface area contributed by atoms with E-state index in [9.17, 15) is 4.39 Å². The van der Waals surface area contributed by atoms with Crippen molar-refractivity contribution in [1.29, 1.82) is 0 Å². The van der Waals surface area contributed by atoms with Crippen molar-refractivity contribution in [1.82, 2.24) is 10.2 Å². The number of nitrogens with zero attached hydrogens (tertiary/aromatic N) is 1. The summed E-state index contributed by atoms with van der Waals surface area (Å²) in [6, 6.07) is 5.69. The maximum Gasteiger partial charge on any atom is 0.131 e. The Hall–Kier alpha value is -1.13. The van der Waals surface area contributed by atoms with E-state index in [4.69, 9.17) is 4.74 Å². The van der Waals surface area contributed by atoms with E-state index in [0.29, 0.717) is 18.3 Å². The Labute approximate surface area is 121 Å². The SMILES string of the molecule is CNC(C)C1CCN(Cc2ccc(OC)cc2F)CC1. The predicted molar refractivity (Wildman–Crippen MR) is 79.5 cm³/mol. The van der Waals surface area contributed by atoms with Crippen LogP contribution in [0.2, 0.25) is 0 Å². The number of methoxy groups -OCH3 is 1. The molecule has 0 aliphatic carbocycles. The first-order valence-electron chi connectivity index (χ1n) is 7.36. The van der Waals surface area contributed by atoms with Crippen LogP contribution in [0.4, 0.5) is 4.39 Å². The van der Waals surface area contributed by atoms with Gasteiger partial charge in [-0.2, -0.15) is 0 Å². The Morgan fingerprint density at radius 1 is 1.40 bits per heavy atom. The molecular formula is C16H25FN2O. The molecule has 1 aliphatic heterocycles. The molecule has 1 aromatic rings. The van der Waals surface area contributed by atoms with E-state index in [0.717, 1.165) is 24.6 Å². The molecule has 4 heteroatoms. The smallest absolute Gasteiger partial charge is 0.131 e. The molecular weight excluding hydrogens is 255 g/mol. The molecule has 0 bridgehead atoms. The molecule has 1 atom stereocenters. The third-order valence-corrected chi connectivity index (χ3v) is 4.45. The van der Waals surface area contributed by atoms with Crippen LogP contribution in [0.15, 0.2) is 18.2 Å². The number of ether oxygens (including phenoxy) is 1. The Kier molecular flexibility index (Phi) is 5.38. The highest BCUT2D eigenvalue weighted by atomic mass is 19.1. The lowest BCUT2D eigenvalue weighted by Crippen LogP contribution is -2.40. The largest absolute Gasteiger partial charge is 0.497 e. The van der Waals surface area contributed by atoms with Gasteiger partial charge in [-0.15, -0.1) is 0 Å². The van der Waals surface area contributed by atoms with Crippen LogP contribution in [0.3, 0.4) is 0 Å². The van der Waals surface area contributed by atoms with Crippen LogP contribution < -0.4 is 10.1 Å². The topological polar surface area (TPSA) is 24.5 Å². The number of likely N-dealkylation sites (tertiary alicyclic amines) is 1. The van der Waals surface area contributed by atoms with E-state index < -0.39 is 0 Å². The highest BCUT2D eigenvalue weighted by molar-refractivity contribution is 5.28. The second-order valence-corrected chi connectivity index (χ2v) is 5.65. The van der Waals surface area contributed by atoms with Gasteiger partial charge in [0.2, 0.25) is 0 Å². The Morgan fingerprint density at radius 3 is 2.65 bits per heavy atom. The summed E-state index contributed by atoms with van der Waals surface area (Å²) in [5.41, 5.74) is 0.755. The van der Waals surface area contributed by atoms with Crippen LogP contribution in [0.5, 0.6) is 5.75 Å². The Morgan fingerprint density at radius 2 is 2.10 bits per heavy atom. The van der Waals surface area contributed by atoms with Crippen LogP contribution in [0.1, 0.15) is 25.3 Å². The van der Waals surface area contributed by atoms with Gasteiger partial charge < -0.3 is 10.1 Å².